The number of nitrogens with zero attached hydrogens (tertiary/aromatic N) is 3. The maximum absolute atomic E-state index is 13.2. The highest BCUT2D eigenvalue weighted by atomic mass is 16.5. The van der Waals surface area contributed by atoms with Crippen molar-refractivity contribution in [2.75, 3.05) is 19.0 Å². The number of nitrogens with one attached hydrogen (secondary N) is 1. The lowest BCUT2D eigenvalue weighted by Crippen LogP contribution is -2.20. The highest BCUT2D eigenvalue weighted by molar-refractivity contribution is 6.04. The van der Waals surface area contributed by atoms with Gasteiger partial charge < -0.3 is 19.5 Å². The Morgan fingerprint density at radius 2 is 1.68 bits per heavy atom. The van der Waals surface area contributed by atoms with Gasteiger partial charge in [-0.15, -0.1) is 0 Å². The van der Waals surface area contributed by atoms with Crippen LogP contribution < -0.4 is 14.8 Å². The minimum absolute atomic E-state index is 0.104. The van der Waals surface area contributed by atoms with E-state index in [1.165, 1.54) is 5.56 Å². The van der Waals surface area contributed by atoms with Crippen molar-refractivity contribution in [2.24, 2.45) is 0 Å². The molecule has 2 aromatic carbocycles. The Morgan fingerprint density at radius 1 is 0.946 bits per heavy atom. The Balaban J connectivity index is 1.48. The molecule has 2 atom stereocenters. The standard InChI is InChI=1S/C29H32N4O4/c1-21(15-23-9-5-4-6-10-23)36-26-16-24(17-27(18-26)37-22(2)20-35-3)29(34)31-28-12-14-33(32-28)19-25-11-7-8-13-30-25/h4-14,16-18,21-22H,15,19-20H2,1-3H3,(H,31,32,34)/t21?,22-/m0/s1. The SMILES string of the molecule is COC[C@H](C)Oc1cc(OC(C)Cc2ccccc2)cc(C(=O)Nc2ccn(Cc3ccccn3)n2)c1. The van der Waals surface area contributed by atoms with Crippen molar-refractivity contribution in [3.63, 3.8) is 0 Å². The molecule has 192 valence electrons. The van der Waals surface area contributed by atoms with E-state index < -0.39 is 0 Å². The van der Waals surface area contributed by atoms with Crippen LogP contribution in [0.1, 0.15) is 35.5 Å². The van der Waals surface area contributed by atoms with E-state index in [1.807, 2.05) is 50.2 Å². The number of rotatable bonds is 12. The average Bonchev–Trinajstić information content (AvgIpc) is 3.31. The lowest BCUT2D eigenvalue weighted by atomic mass is 10.1. The van der Waals surface area contributed by atoms with Gasteiger partial charge in [-0.1, -0.05) is 36.4 Å². The summed E-state index contributed by atoms with van der Waals surface area (Å²) in [4.78, 5) is 17.5. The topological polar surface area (TPSA) is 87.5 Å². The van der Waals surface area contributed by atoms with Gasteiger partial charge in [0, 0.05) is 43.6 Å². The predicted octanol–water partition coefficient (Wildman–Crippen LogP) is 5.00. The Kier molecular flexibility index (Phi) is 8.89. The lowest BCUT2D eigenvalue weighted by molar-refractivity contribution is 0.0913. The summed E-state index contributed by atoms with van der Waals surface area (Å²) in [5, 5.41) is 7.31. The second kappa shape index (κ2) is 12.7. The second-order valence-electron chi connectivity index (χ2n) is 8.87. The van der Waals surface area contributed by atoms with Gasteiger partial charge in [0.05, 0.1) is 24.9 Å². The van der Waals surface area contributed by atoms with E-state index >= 15 is 0 Å². The van der Waals surface area contributed by atoms with Crippen molar-refractivity contribution in [2.45, 2.75) is 39.0 Å². The smallest absolute Gasteiger partial charge is 0.257 e. The molecule has 8 nitrogen and oxygen atoms in total. The van der Waals surface area contributed by atoms with E-state index in [4.69, 9.17) is 14.2 Å². The van der Waals surface area contributed by atoms with Gasteiger partial charge in [0.2, 0.25) is 0 Å². The van der Waals surface area contributed by atoms with Crippen LogP contribution in [-0.4, -0.2) is 46.6 Å². The summed E-state index contributed by atoms with van der Waals surface area (Å²) in [5.41, 5.74) is 2.46. The van der Waals surface area contributed by atoms with Gasteiger partial charge in [-0.2, -0.15) is 5.10 Å². The van der Waals surface area contributed by atoms with Crippen LogP contribution in [0.25, 0.3) is 0 Å². The fraction of sp³-hybridized carbons (Fsp3) is 0.276. The molecule has 0 radical (unpaired) electrons. The molecule has 1 amide bonds. The Morgan fingerprint density at radius 3 is 2.38 bits per heavy atom. The van der Waals surface area contributed by atoms with E-state index in [1.54, 1.807) is 48.5 Å². The van der Waals surface area contributed by atoms with Gasteiger partial charge in [0.15, 0.2) is 5.82 Å². The molecule has 37 heavy (non-hydrogen) atoms. The highest BCUT2D eigenvalue weighted by Gasteiger charge is 2.15. The van der Waals surface area contributed by atoms with Crippen LogP contribution in [0.15, 0.2) is 85.2 Å². The largest absolute Gasteiger partial charge is 0.490 e. The first kappa shape index (κ1) is 25.9. The normalized spacial score (nSPS) is 12.5. The third-order valence-electron chi connectivity index (χ3n) is 5.52. The number of anilines is 1. The molecule has 8 heteroatoms. The molecule has 0 bridgehead atoms. The van der Waals surface area contributed by atoms with Gasteiger partial charge in [0.25, 0.3) is 5.91 Å². The van der Waals surface area contributed by atoms with Gasteiger partial charge in [0.1, 0.15) is 17.6 Å². The number of hydrogen-bond donors (Lipinski definition) is 1. The number of hydrogen-bond acceptors (Lipinski definition) is 6. The maximum atomic E-state index is 13.2. The summed E-state index contributed by atoms with van der Waals surface area (Å²) in [5.74, 6) is 1.21. The first-order valence-corrected chi connectivity index (χ1v) is 12.2. The van der Waals surface area contributed by atoms with Crippen LogP contribution in [0.4, 0.5) is 5.82 Å². The number of methoxy groups -OCH3 is 1. The molecule has 2 aromatic heterocycles. The average molecular weight is 501 g/mol. The second-order valence-corrected chi connectivity index (χ2v) is 8.87. The minimum atomic E-state index is -0.312. The monoisotopic (exact) mass is 500 g/mol. The van der Waals surface area contributed by atoms with E-state index in [0.717, 1.165) is 12.1 Å². The number of aromatic nitrogens is 3. The molecule has 1 unspecified atom stereocenters. The number of ether oxygens (including phenoxy) is 3. The Hall–Kier alpha value is -4.17. The molecule has 1 N–H and O–H groups in total. The van der Waals surface area contributed by atoms with E-state index in [-0.39, 0.29) is 18.1 Å². The van der Waals surface area contributed by atoms with Gasteiger partial charge in [-0.05, 0) is 43.7 Å². The molecule has 0 saturated heterocycles. The van der Waals surface area contributed by atoms with E-state index in [0.29, 0.717) is 36.0 Å². The summed E-state index contributed by atoms with van der Waals surface area (Å²) in [7, 11) is 1.62. The highest BCUT2D eigenvalue weighted by Crippen LogP contribution is 2.26. The van der Waals surface area contributed by atoms with Gasteiger partial charge in [-0.3, -0.25) is 14.5 Å². The van der Waals surface area contributed by atoms with Crippen molar-refractivity contribution >= 4 is 11.7 Å². The third-order valence-corrected chi connectivity index (χ3v) is 5.52. The summed E-state index contributed by atoms with van der Waals surface area (Å²) in [6.45, 7) is 4.84. The molecule has 4 rings (SSSR count). The zero-order valence-electron chi connectivity index (χ0n) is 21.3. The third kappa shape index (κ3) is 7.91. The number of benzene rings is 2. The van der Waals surface area contributed by atoms with Crippen molar-refractivity contribution in [1.29, 1.82) is 0 Å². The number of pyridine rings is 1. The molecule has 4 aromatic rings. The quantitative estimate of drug-likeness (QED) is 0.295. The van der Waals surface area contributed by atoms with Gasteiger partial charge in [-0.25, -0.2) is 0 Å². The summed E-state index contributed by atoms with van der Waals surface area (Å²) >= 11 is 0. The van der Waals surface area contributed by atoms with E-state index in [2.05, 4.69) is 27.5 Å². The molecule has 0 fully saturated rings. The lowest BCUT2D eigenvalue weighted by Gasteiger charge is -2.19. The van der Waals surface area contributed by atoms with Crippen molar-refractivity contribution in [3.05, 3.63) is 102 Å². The molecule has 0 saturated carbocycles. The molecule has 2 heterocycles. The van der Waals surface area contributed by atoms with Crippen LogP contribution >= 0.6 is 0 Å². The Bertz CT molecular complexity index is 1280. The number of carbonyl (C=O) groups excluding carboxylic acids is 1. The number of amides is 1. The minimum Gasteiger partial charge on any atom is -0.490 e. The molecule has 0 aliphatic heterocycles. The van der Waals surface area contributed by atoms with Crippen LogP contribution in [0.2, 0.25) is 0 Å². The predicted molar refractivity (Wildman–Crippen MR) is 142 cm³/mol. The number of carbonyl (C=O) groups is 1. The molecular weight excluding hydrogens is 468 g/mol. The summed E-state index contributed by atoms with van der Waals surface area (Å²) in [6, 6.07) is 22.8. The van der Waals surface area contributed by atoms with Crippen molar-refractivity contribution in [3.8, 4) is 11.5 Å². The zero-order chi connectivity index (χ0) is 26.0. The summed E-state index contributed by atoms with van der Waals surface area (Å²) in [6.07, 6.45) is 3.98. The van der Waals surface area contributed by atoms with E-state index in [9.17, 15) is 4.79 Å². The van der Waals surface area contributed by atoms with Crippen molar-refractivity contribution in [1.82, 2.24) is 14.8 Å². The molecular formula is C29H32N4O4. The zero-order valence-corrected chi connectivity index (χ0v) is 21.3. The molecule has 0 aliphatic rings. The maximum Gasteiger partial charge on any atom is 0.257 e. The van der Waals surface area contributed by atoms with Crippen LogP contribution in [0.5, 0.6) is 11.5 Å². The van der Waals surface area contributed by atoms with Crippen LogP contribution in [0.3, 0.4) is 0 Å². The van der Waals surface area contributed by atoms with Gasteiger partial charge >= 0.3 is 0 Å². The van der Waals surface area contributed by atoms with Crippen molar-refractivity contribution < 1.29 is 19.0 Å². The first-order chi connectivity index (χ1) is 18.0. The Labute approximate surface area is 217 Å². The fourth-order valence-corrected chi connectivity index (χ4v) is 3.92. The van der Waals surface area contributed by atoms with Crippen LogP contribution in [0, 0.1) is 0 Å². The first-order valence-electron chi connectivity index (χ1n) is 12.2. The molecule has 0 aliphatic carbocycles. The fourth-order valence-electron chi connectivity index (χ4n) is 3.92. The summed E-state index contributed by atoms with van der Waals surface area (Å²) < 4.78 is 19.1. The van der Waals surface area contributed by atoms with Crippen LogP contribution in [-0.2, 0) is 17.7 Å². The molecule has 0 spiro atoms.